The Bertz CT molecular complexity index is 679. The van der Waals surface area contributed by atoms with Gasteiger partial charge in [0.2, 0.25) is 0 Å². The molecule has 0 saturated carbocycles. The van der Waals surface area contributed by atoms with Crippen LogP contribution in [-0.4, -0.2) is 13.1 Å². The Labute approximate surface area is 129 Å². The SMILES string of the molecule is COc1ccc(/C=C/NC(=O)Nc2cc(C)ccc2N)cc1. The Morgan fingerprint density at radius 2 is 1.91 bits per heavy atom. The zero-order chi connectivity index (χ0) is 15.9. The third kappa shape index (κ3) is 4.28. The Hall–Kier alpha value is -2.95. The van der Waals surface area contributed by atoms with E-state index in [4.69, 9.17) is 10.5 Å². The predicted octanol–water partition coefficient (Wildman–Crippen LogP) is 3.38. The Kier molecular flexibility index (Phi) is 5.03. The van der Waals surface area contributed by atoms with Crippen LogP contribution in [0.1, 0.15) is 11.1 Å². The first kappa shape index (κ1) is 15.4. The summed E-state index contributed by atoms with van der Waals surface area (Å²) in [6, 6.07) is 12.6. The molecular weight excluding hydrogens is 278 g/mol. The molecule has 2 aromatic rings. The van der Waals surface area contributed by atoms with Gasteiger partial charge in [-0.15, -0.1) is 0 Å². The van der Waals surface area contributed by atoms with Crippen LogP contribution in [0.15, 0.2) is 48.7 Å². The number of anilines is 2. The van der Waals surface area contributed by atoms with Gasteiger partial charge in [-0.2, -0.15) is 0 Å². The molecule has 0 aromatic heterocycles. The molecule has 0 atom stereocenters. The van der Waals surface area contributed by atoms with Gasteiger partial charge in [-0.3, -0.25) is 0 Å². The van der Waals surface area contributed by atoms with Gasteiger partial charge < -0.3 is 21.1 Å². The number of nitrogens with one attached hydrogen (secondary N) is 2. The molecule has 0 radical (unpaired) electrons. The second-order valence-electron chi connectivity index (χ2n) is 4.80. The molecule has 0 saturated heterocycles. The number of urea groups is 1. The van der Waals surface area contributed by atoms with Crippen molar-refractivity contribution in [2.24, 2.45) is 0 Å². The van der Waals surface area contributed by atoms with E-state index in [1.807, 2.05) is 43.3 Å². The maximum Gasteiger partial charge on any atom is 0.323 e. The van der Waals surface area contributed by atoms with Crippen molar-refractivity contribution in [3.8, 4) is 5.75 Å². The number of amides is 2. The number of carbonyl (C=O) groups is 1. The van der Waals surface area contributed by atoms with E-state index in [1.54, 1.807) is 25.5 Å². The molecule has 0 fully saturated rings. The van der Waals surface area contributed by atoms with E-state index in [0.717, 1.165) is 16.9 Å². The minimum Gasteiger partial charge on any atom is -0.497 e. The number of nitrogen functional groups attached to an aromatic ring is 1. The van der Waals surface area contributed by atoms with E-state index < -0.39 is 0 Å². The highest BCUT2D eigenvalue weighted by atomic mass is 16.5. The molecule has 2 rings (SSSR count). The fourth-order valence-electron chi connectivity index (χ4n) is 1.87. The van der Waals surface area contributed by atoms with Crippen molar-refractivity contribution >= 4 is 23.5 Å². The molecule has 2 amide bonds. The Morgan fingerprint density at radius 3 is 2.59 bits per heavy atom. The molecule has 5 heteroatoms. The van der Waals surface area contributed by atoms with Gasteiger partial charge in [-0.1, -0.05) is 18.2 Å². The predicted molar refractivity (Wildman–Crippen MR) is 89.8 cm³/mol. The van der Waals surface area contributed by atoms with Crippen LogP contribution in [0.3, 0.4) is 0 Å². The van der Waals surface area contributed by atoms with E-state index in [1.165, 1.54) is 0 Å². The molecule has 0 unspecified atom stereocenters. The van der Waals surface area contributed by atoms with E-state index in [-0.39, 0.29) is 6.03 Å². The minimum absolute atomic E-state index is 0.345. The lowest BCUT2D eigenvalue weighted by molar-refractivity contribution is 0.255. The summed E-state index contributed by atoms with van der Waals surface area (Å²) in [6.07, 6.45) is 3.36. The number of benzene rings is 2. The normalized spacial score (nSPS) is 10.5. The molecule has 0 spiro atoms. The molecule has 0 aliphatic carbocycles. The number of hydrogen-bond donors (Lipinski definition) is 3. The van der Waals surface area contributed by atoms with Gasteiger partial charge in [0.25, 0.3) is 0 Å². The zero-order valence-corrected chi connectivity index (χ0v) is 12.6. The average molecular weight is 297 g/mol. The van der Waals surface area contributed by atoms with Crippen LogP contribution in [0.4, 0.5) is 16.2 Å². The lowest BCUT2D eigenvalue weighted by Gasteiger charge is -2.08. The molecule has 0 aliphatic rings. The lowest BCUT2D eigenvalue weighted by atomic mass is 10.2. The molecular formula is C17H19N3O2. The third-order valence-electron chi connectivity index (χ3n) is 3.06. The zero-order valence-electron chi connectivity index (χ0n) is 12.6. The van der Waals surface area contributed by atoms with Crippen LogP contribution in [-0.2, 0) is 0 Å². The molecule has 114 valence electrons. The van der Waals surface area contributed by atoms with Crippen molar-refractivity contribution in [2.45, 2.75) is 6.92 Å². The number of aryl methyl sites for hydroxylation is 1. The van der Waals surface area contributed by atoms with Crippen molar-refractivity contribution in [1.82, 2.24) is 5.32 Å². The minimum atomic E-state index is -0.345. The largest absolute Gasteiger partial charge is 0.497 e. The van der Waals surface area contributed by atoms with Crippen LogP contribution >= 0.6 is 0 Å². The van der Waals surface area contributed by atoms with Gasteiger partial charge in [-0.05, 0) is 48.4 Å². The van der Waals surface area contributed by atoms with Gasteiger partial charge in [0.1, 0.15) is 5.75 Å². The number of methoxy groups -OCH3 is 1. The molecule has 5 nitrogen and oxygen atoms in total. The van der Waals surface area contributed by atoms with Crippen molar-refractivity contribution < 1.29 is 9.53 Å². The number of rotatable bonds is 4. The fourth-order valence-corrected chi connectivity index (χ4v) is 1.87. The quantitative estimate of drug-likeness (QED) is 0.757. The summed E-state index contributed by atoms with van der Waals surface area (Å²) in [5.41, 5.74) is 8.91. The highest BCUT2D eigenvalue weighted by Crippen LogP contribution is 2.19. The Morgan fingerprint density at radius 1 is 1.18 bits per heavy atom. The molecule has 2 aromatic carbocycles. The van der Waals surface area contributed by atoms with Crippen LogP contribution in [0, 0.1) is 6.92 Å². The second kappa shape index (κ2) is 7.17. The first-order chi connectivity index (χ1) is 10.6. The van der Waals surface area contributed by atoms with Gasteiger partial charge >= 0.3 is 6.03 Å². The van der Waals surface area contributed by atoms with Crippen LogP contribution in [0.2, 0.25) is 0 Å². The highest BCUT2D eigenvalue weighted by molar-refractivity contribution is 5.93. The number of nitrogens with two attached hydrogens (primary N) is 1. The summed E-state index contributed by atoms with van der Waals surface area (Å²) in [5, 5.41) is 5.35. The summed E-state index contributed by atoms with van der Waals surface area (Å²) in [5.74, 6) is 0.790. The van der Waals surface area contributed by atoms with Crippen molar-refractivity contribution in [3.63, 3.8) is 0 Å². The summed E-state index contributed by atoms with van der Waals surface area (Å²) in [4.78, 5) is 11.8. The smallest absolute Gasteiger partial charge is 0.323 e. The molecule has 22 heavy (non-hydrogen) atoms. The molecule has 0 bridgehead atoms. The monoisotopic (exact) mass is 297 g/mol. The topological polar surface area (TPSA) is 76.4 Å². The lowest BCUT2D eigenvalue weighted by Crippen LogP contribution is -2.24. The fraction of sp³-hybridized carbons (Fsp3) is 0.118. The standard InChI is InChI=1S/C17H19N3O2/c1-12-3-8-15(18)16(11-12)20-17(21)19-10-9-13-4-6-14(22-2)7-5-13/h3-11H,18H2,1-2H3,(H2,19,20,21)/b10-9+. The first-order valence-corrected chi connectivity index (χ1v) is 6.83. The average Bonchev–Trinajstić information content (AvgIpc) is 2.51. The number of carbonyl (C=O) groups excluding carboxylic acids is 1. The number of hydrogen-bond acceptors (Lipinski definition) is 3. The van der Waals surface area contributed by atoms with Crippen molar-refractivity contribution in [1.29, 1.82) is 0 Å². The van der Waals surface area contributed by atoms with Gasteiger partial charge in [-0.25, -0.2) is 4.79 Å². The van der Waals surface area contributed by atoms with E-state index in [0.29, 0.717) is 11.4 Å². The Balaban J connectivity index is 1.91. The second-order valence-corrected chi connectivity index (χ2v) is 4.80. The molecule has 0 heterocycles. The van der Waals surface area contributed by atoms with Crippen molar-refractivity contribution in [3.05, 3.63) is 59.8 Å². The van der Waals surface area contributed by atoms with Crippen LogP contribution in [0.5, 0.6) is 5.75 Å². The van der Waals surface area contributed by atoms with Gasteiger partial charge in [0.05, 0.1) is 18.5 Å². The van der Waals surface area contributed by atoms with Crippen LogP contribution < -0.4 is 21.1 Å². The summed E-state index contributed by atoms with van der Waals surface area (Å²) in [7, 11) is 1.62. The maximum absolute atomic E-state index is 11.8. The first-order valence-electron chi connectivity index (χ1n) is 6.83. The molecule has 0 aliphatic heterocycles. The molecule has 4 N–H and O–H groups in total. The van der Waals surface area contributed by atoms with Crippen molar-refractivity contribution in [2.75, 3.05) is 18.2 Å². The van der Waals surface area contributed by atoms with E-state index in [9.17, 15) is 4.79 Å². The summed E-state index contributed by atoms with van der Waals surface area (Å²) in [6.45, 7) is 1.94. The van der Waals surface area contributed by atoms with E-state index >= 15 is 0 Å². The van der Waals surface area contributed by atoms with Gasteiger partial charge in [0.15, 0.2) is 0 Å². The third-order valence-corrected chi connectivity index (χ3v) is 3.06. The number of ether oxygens (including phenoxy) is 1. The van der Waals surface area contributed by atoms with Gasteiger partial charge in [0, 0.05) is 6.20 Å². The summed E-state index contributed by atoms with van der Waals surface area (Å²) < 4.78 is 5.08. The maximum atomic E-state index is 11.8. The summed E-state index contributed by atoms with van der Waals surface area (Å²) >= 11 is 0. The van der Waals surface area contributed by atoms with E-state index in [2.05, 4.69) is 10.6 Å². The van der Waals surface area contributed by atoms with Crippen LogP contribution in [0.25, 0.3) is 6.08 Å². The highest BCUT2D eigenvalue weighted by Gasteiger charge is 2.03.